The van der Waals surface area contributed by atoms with Crippen LogP contribution in [0.5, 0.6) is 0 Å². The normalized spacial score (nSPS) is 12.3. The highest BCUT2D eigenvalue weighted by molar-refractivity contribution is 9.10. The lowest BCUT2D eigenvalue weighted by molar-refractivity contribution is 0.0793. The molecule has 0 aliphatic carbocycles. The minimum Gasteiger partial charge on any atom is -0.342 e. The zero-order valence-corrected chi connectivity index (χ0v) is 12.1. The Balaban J connectivity index is 2.74. The molecule has 0 heterocycles. The van der Waals surface area contributed by atoms with Gasteiger partial charge in [-0.15, -0.1) is 11.6 Å². The highest BCUT2D eigenvalue weighted by atomic mass is 79.9. The third kappa shape index (κ3) is 4.64. The van der Waals surface area contributed by atoms with E-state index in [-0.39, 0.29) is 11.3 Å². The molecular formula is C12H14BrClFNO. The van der Waals surface area contributed by atoms with E-state index in [0.29, 0.717) is 23.0 Å². The Kier molecular flexibility index (Phi) is 5.40. The minimum absolute atomic E-state index is 0.0181. The van der Waals surface area contributed by atoms with Crippen molar-refractivity contribution in [2.45, 2.75) is 18.7 Å². The van der Waals surface area contributed by atoms with Gasteiger partial charge in [0, 0.05) is 29.0 Å². The molecular weight excluding hydrogens is 308 g/mol. The van der Waals surface area contributed by atoms with Crippen LogP contribution in [-0.4, -0.2) is 29.8 Å². The van der Waals surface area contributed by atoms with E-state index >= 15 is 0 Å². The van der Waals surface area contributed by atoms with E-state index in [4.69, 9.17) is 11.6 Å². The molecule has 1 unspecified atom stereocenters. The molecule has 2 nitrogen and oxygen atoms in total. The lowest BCUT2D eigenvalue weighted by Crippen LogP contribution is -2.28. The first-order chi connectivity index (χ1) is 7.90. The Labute approximate surface area is 114 Å². The second kappa shape index (κ2) is 6.36. The van der Waals surface area contributed by atoms with E-state index in [1.807, 2.05) is 6.92 Å². The van der Waals surface area contributed by atoms with E-state index in [9.17, 15) is 9.18 Å². The molecule has 1 amide bonds. The molecule has 0 N–H and O–H groups in total. The summed E-state index contributed by atoms with van der Waals surface area (Å²) >= 11 is 8.98. The molecule has 1 rings (SSSR count). The van der Waals surface area contributed by atoms with Gasteiger partial charge in [-0.1, -0.05) is 15.9 Å². The summed E-state index contributed by atoms with van der Waals surface area (Å²) in [4.78, 5) is 13.5. The Morgan fingerprint density at radius 3 is 2.71 bits per heavy atom. The number of rotatable bonds is 4. The van der Waals surface area contributed by atoms with Gasteiger partial charge < -0.3 is 4.90 Å². The van der Waals surface area contributed by atoms with Crippen LogP contribution in [0.1, 0.15) is 23.7 Å². The quantitative estimate of drug-likeness (QED) is 0.774. The van der Waals surface area contributed by atoms with Crippen molar-refractivity contribution in [2.75, 3.05) is 13.6 Å². The van der Waals surface area contributed by atoms with Crippen LogP contribution in [0.25, 0.3) is 0 Å². The van der Waals surface area contributed by atoms with Gasteiger partial charge in [-0.3, -0.25) is 4.79 Å². The van der Waals surface area contributed by atoms with Gasteiger partial charge in [0.25, 0.3) is 5.91 Å². The topological polar surface area (TPSA) is 20.3 Å². The molecule has 0 saturated heterocycles. The van der Waals surface area contributed by atoms with Crippen LogP contribution in [0.3, 0.4) is 0 Å². The molecule has 1 aromatic carbocycles. The Hall–Kier alpha value is -0.610. The van der Waals surface area contributed by atoms with Crippen LogP contribution in [-0.2, 0) is 0 Å². The van der Waals surface area contributed by atoms with Crippen molar-refractivity contribution in [3.8, 4) is 0 Å². The number of halogens is 3. The molecule has 0 aromatic heterocycles. The number of hydrogen-bond acceptors (Lipinski definition) is 1. The number of benzene rings is 1. The standard InChI is InChI=1S/C12H14BrClFNO/c1-8(14)3-4-16(2)12(17)9-5-10(13)7-11(15)6-9/h5-8H,3-4H2,1-2H3. The fraction of sp³-hybridized carbons (Fsp3) is 0.417. The molecule has 94 valence electrons. The zero-order chi connectivity index (χ0) is 13.0. The third-order valence-electron chi connectivity index (χ3n) is 2.32. The molecule has 1 atom stereocenters. The van der Waals surface area contributed by atoms with Crippen LogP contribution in [0.4, 0.5) is 4.39 Å². The molecule has 0 bridgehead atoms. The number of amides is 1. The maximum absolute atomic E-state index is 13.1. The summed E-state index contributed by atoms with van der Waals surface area (Å²) in [6.07, 6.45) is 0.709. The van der Waals surface area contributed by atoms with E-state index in [0.717, 1.165) is 0 Å². The van der Waals surface area contributed by atoms with Crippen molar-refractivity contribution in [3.05, 3.63) is 34.1 Å². The first kappa shape index (κ1) is 14.5. The van der Waals surface area contributed by atoms with E-state index in [1.54, 1.807) is 18.0 Å². The maximum atomic E-state index is 13.1. The molecule has 17 heavy (non-hydrogen) atoms. The fourth-order valence-electron chi connectivity index (χ4n) is 1.37. The average Bonchev–Trinajstić information content (AvgIpc) is 2.23. The van der Waals surface area contributed by atoms with E-state index in [1.165, 1.54) is 12.1 Å². The Bertz CT molecular complexity index is 391. The second-order valence-corrected chi connectivity index (χ2v) is 5.61. The van der Waals surface area contributed by atoms with Gasteiger partial charge >= 0.3 is 0 Å². The van der Waals surface area contributed by atoms with Gasteiger partial charge in [-0.05, 0) is 31.5 Å². The zero-order valence-electron chi connectivity index (χ0n) is 9.71. The van der Waals surface area contributed by atoms with Gasteiger partial charge in [-0.2, -0.15) is 0 Å². The van der Waals surface area contributed by atoms with Gasteiger partial charge in [0.05, 0.1) is 0 Å². The monoisotopic (exact) mass is 321 g/mol. The number of alkyl halides is 1. The maximum Gasteiger partial charge on any atom is 0.253 e. The van der Waals surface area contributed by atoms with Gasteiger partial charge in [0.2, 0.25) is 0 Å². The van der Waals surface area contributed by atoms with Crippen molar-refractivity contribution in [1.29, 1.82) is 0 Å². The van der Waals surface area contributed by atoms with Crippen molar-refractivity contribution < 1.29 is 9.18 Å². The number of carbonyl (C=O) groups excluding carboxylic acids is 1. The largest absolute Gasteiger partial charge is 0.342 e. The average molecular weight is 323 g/mol. The van der Waals surface area contributed by atoms with E-state index in [2.05, 4.69) is 15.9 Å². The first-order valence-corrected chi connectivity index (χ1v) is 6.48. The summed E-state index contributed by atoms with van der Waals surface area (Å²) in [5.74, 6) is -0.635. The van der Waals surface area contributed by atoms with Crippen molar-refractivity contribution >= 4 is 33.4 Å². The molecule has 0 aliphatic rings. The highest BCUT2D eigenvalue weighted by Crippen LogP contribution is 2.16. The Morgan fingerprint density at radius 2 is 2.18 bits per heavy atom. The van der Waals surface area contributed by atoms with Crippen LogP contribution in [0.15, 0.2) is 22.7 Å². The molecule has 0 fully saturated rings. The predicted octanol–water partition coefficient (Wildman–Crippen LogP) is 3.68. The molecule has 0 aliphatic heterocycles. The summed E-state index contributed by atoms with van der Waals surface area (Å²) in [6.45, 7) is 2.43. The second-order valence-electron chi connectivity index (χ2n) is 3.95. The summed E-state index contributed by atoms with van der Waals surface area (Å²) < 4.78 is 13.7. The van der Waals surface area contributed by atoms with Gasteiger partial charge in [-0.25, -0.2) is 4.39 Å². The van der Waals surface area contributed by atoms with Crippen molar-refractivity contribution in [3.63, 3.8) is 0 Å². The lowest BCUT2D eigenvalue weighted by atomic mass is 10.2. The SMILES string of the molecule is CC(Cl)CCN(C)C(=O)c1cc(F)cc(Br)c1. The van der Waals surface area contributed by atoms with E-state index < -0.39 is 5.82 Å². The summed E-state index contributed by atoms with van der Waals surface area (Å²) in [5, 5.41) is 0.0181. The fourth-order valence-corrected chi connectivity index (χ4v) is 1.93. The van der Waals surface area contributed by atoms with Crippen LogP contribution >= 0.6 is 27.5 Å². The molecule has 0 spiro atoms. The highest BCUT2D eigenvalue weighted by Gasteiger charge is 2.13. The van der Waals surface area contributed by atoms with Gasteiger partial charge in [0.1, 0.15) is 5.82 Å². The molecule has 0 radical (unpaired) electrons. The molecule has 1 aromatic rings. The Morgan fingerprint density at radius 1 is 1.53 bits per heavy atom. The molecule has 0 saturated carbocycles. The van der Waals surface area contributed by atoms with Crippen molar-refractivity contribution in [2.24, 2.45) is 0 Å². The van der Waals surface area contributed by atoms with Crippen LogP contribution < -0.4 is 0 Å². The number of hydrogen-bond donors (Lipinski definition) is 0. The summed E-state index contributed by atoms with van der Waals surface area (Å²) in [7, 11) is 1.68. The van der Waals surface area contributed by atoms with Crippen molar-refractivity contribution in [1.82, 2.24) is 4.90 Å². The number of carbonyl (C=O) groups is 1. The number of nitrogens with zero attached hydrogens (tertiary/aromatic N) is 1. The minimum atomic E-state index is -0.429. The van der Waals surface area contributed by atoms with Crippen LogP contribution in [0.2, 0.25) is 0 Å². The van der Waals surface area contributed by atoms with Gasteiger partial charge in [0.15, 0.2) is 0 Å². The molecule has 5 heteroatoms. The summed E-state index contributed by atoms with van der Waals surface area (Å²) in [6, 6.07) is 4.15. The smallest absolute Gasteiger partial charge is 0.253 e. The lowest BCUT2D eigenvalue weighted by Gasteiger charge is -2.18. The predicted molar refractivity (Wildman–Crippen MR) is 71.0 cm³/mol. The first-order valence-electron chi connectivity index (χ1n) is 5.26. The van der Waals surface area contributed by atoms with Crippen LogP contribution in [0, 0.1) is 5.82 Å². The summed E-state index contributed by atoms with van der Waals surface area (Å²) in [5.41, 5.74) is 0.335. The third-order valence-corrected chi connectivity index (χ3v) is 2.99.